The summed E-state index contributed by atoms with van der Waals surface area (Å²) in [6, 6.07) is 4.08. The van der Waals surface area contributed by atoms with Gasteiger partial charge in [0.05, 0.1) is 17.7 Å². The van der Waals surface area contributed by atoms with Gasteiger partial charge in [-0.2, -0.15) is 0 Å². The van der Waals surface area contributed by atoms with Crippen LogP contribution < -0.4 is 10.2 Å². The lowest BCUT2D eigenvalue weighted by Crippen LogP contribution is -2.20. The highest BCUT2D eigenvalue weighted by atomic mass is 32.1. The number of pyridine rings is 1. The molecule has 1 N–H and O–H groups in total. The summed E-state index contributed by atoms with van der Waals surface area (Å²) in [6.45, 7) is 3.05. The molecular formula is C13H16N4S. The molecule has 1 aliphatic heterocycles. The van der Waals surface area contributed by atoms with Gasteiger partial charge < -0.3 is 10.2 Å². The third-order valence-corrected chi connectivity index (χ3v) is 3.91. The lowest BCUT2D eigenvalue weighted by molar-refractivity contribution is 0.935. The van der Waals surface area contributed by atoms with Crippen LogP contribution in [0, 0.1) is 0 Å². The number of nitrogens with zero attached hydrogens (tertiary/aromatic N) is 3. The quantitative estimate of drug-likeness (QED) is 0.917. The van der Waals surface area contributed by atoms with E-state index in [1.165, 1.54) is 17.7 Å². The average molecular weight is 260 g/mol. The molecule has 0 atom stereocenters. The SMILES string of the molecule is c1cnc(N2CCCC2)c(NCc2cncs2)c1. The van der Waals surface area contributed by atoms with E-state index in [1.54, 1.807) is 11.3 Å². The predicted octanol–water partition coefficient (Wildman–Crippen LogP) is 2.75. The maximum atomic E-state index is 4.51. The van der Waals surface area contributed by atoms with Gasteiger partial charge in [0.1, 0.15) is 0 Å². The molecular weight excluding hydrogens is 244 g/mol. The van der Waals surface area contributed by atoms with Gasteiger partial charge in [-0.05, 0) is 25.0 Å². The van der Waals surface area contributed by atoms with Crippen LogP contribution in [-0.4, -0.2) is 23.1 Å². The second-order valence-corrected chi connectivity index (χ2v) is 5.36. The smallest absolute Gasteiger partial charge is 0.151 e. The first-order chi connectivity index (χ1) is 8.93. The number of hydrogen-bond acceptors (Lipinski definition) is 5. The lowest BCUT2D eigenvalue weighted by Gasteiger charge is -2.20. The van der Waals surface area contributed by atoms with E-state index in [-0.39, 0.29) is 0 Å². The first-order valence-electron chi connectivity index (χ1n) is 6.25. The average Bonchev–Trinajstić information content (AvgIpc) is 3.10. The Morgan fingerprint density at radius 2 is 2.22 bits per heavy atom. The highest BCUT2D eigenvalue weighted by Crippen LogP contribution is 2.26. The number of hydrogen-bond donors (Lipinski definition) is 1. The molecule has 0 bridgehead atoms. The molecule has 4 nitrogen and oxygen atoms in total. The van der Waals surface area contributed by atoms with E-state index in [2.05, 4.69) is 26.3 Å². The molecule has 5 heteroatoms. The molecule has 1 fully saturated rings. The molecule has 18 heavy (non-hydrogen) atoms. The Kier molecular flexibility index (Phi) is 3.41. The van der Waals surface area contributed by atoms with Crippen LogP contribution in [0.25, 0.3) is 0 Å². The van der Waals surface area contributed by atoms with Crippen LogP contribution in [-0.2, 0) is 6.54 Å². The molecule has 2 aromatic rings. The van der Waals surface area contributed by atoms with Crippen molar-refractivity contribution in [1.82, 2.24) is 9.97 Å². The van der Waals surface area contributed by atoms with E-state index in [1.807, 2.05) is 24.0 Å². The molecule has 0 aromatic carbocycles. The normalized spacial score (nSPS) is 15.0. The van der Waals surface area contributed by atoms with Gasteiger partial charge in [-0.15, -0.1) is 11.3 Å². The van der Waals surface area contributed by atoms with Gasteiger partial charge in [0.2, 0.25) is 0 Å². The van der Waals surface area contributed by atoms with Gasteiger partial charge in [0.25, 0.3) is 0 Å². The van der Waals surface area contributed by atoms with Crippen LogP contribution >= 0.6 is 11.3 Å². The largest absolute Gasteiger partial charge is 0.377 e. The van der Waals surface area contributed by atoms with Gasteiger partial charge in [0, 0.05) is 30.4 Å². The Labute approximate surface area is 111 Å². The van der Waals surface area contributed by atoms with Gasteiger partial charge in [0.15, 0.2) is 5.82 Å². The van der Waals surface area contributed by atoms with Gasteiger partial charge in [-0.3, -0.25) is 4.98 Å². The summed E-state index contributed by atoms with van der Waals surface area (Å²) >= 11 is 1.67. The highest BCUT2D eigenvalue weighted by molar-refractivity contribution is 7.09. The molecule has 94 valence electrons. The molecule has 1 aliphatic rings. The molecule has 0 spiro atoms. The maximum absolute atomic E-state index is 4.51. The zero-order valence-electron chi connectivity index (χ0n) is 10.2. The van der Waals surface area contributed by atoms with Crippen molar-refractivity contribution in [3.8, 4) is 0 Å². The summed E-state index contributed by atoms with van der Waals surface area (Å²) in [7, 11) is 0. The Bertz CT molecular complexity index is 491. The first kappa shape index (κ1) is 11.5. The predicted molar refractivity (Wildman–Crippen MR) is 75.1 cm³/mol. The van der Waals surface area contributed by atoms with Crippen molar-refractivity contribution in [1.29, 1.82) is 0 Å². The fourth-order valence-electron chi connectivity index (χ4n) is 2.23. The summed E-state index contributed by atoms with van der Waals surface area (Å²) in [5, 5.41) is 3.46. The molecule has 3 heterocycles. The second kappa shape index (κ2) is 5.35. The standard InChI is InChI=1S/C13H16N4S/c1-2-7-17(6-1)13-12(4-3-5-15-13)16-9-11-8-14-10-18-11/h3-5,8,10,16H,1-2,6-7,9H2. The topological polar surface area (TPSA) is 41.1 Å². The lowest BCUT2D eigenvalue weighted by atomic mass is 10.3. The number of anilines is 2. The van der Waals surface area contributed by atoms with Crippen LogP contribution in [0.1, 0.15) is 17.7 Å². The molecule has 0 unspecified atom stereocenters. The second-order valence-electron chi connectivity index (χ2n) is 4.39. The van der Waals surface area contributed by atoms with Gasteiger partial charge in [-0.25, -0.2) is 4.98 Å². The van der Waals surface area contributed by atoms with E-state index in [9.17, 15) is 0 Å². The van der Waals surface area contributed by atoms with Crippen LogP contribution in [0.15, 0.2) is 30.0 Å². The third kappa shape index (κ3) is 2.46. The molecule has 0 saturated carbocycles. The molecule has 0 radical (unpaired) electrons. The van der Waals surface area contributed by atoms with Crippen molar-refractivity contribution in [2.45, 2.75) is 19.4 Å². The molecule has 2 aromatic heterocycles. The number of nitrogens with one attached hydrogen (secondary N) is 1. The van der Waals surface area contributed by atoms with Crippen molar-refractivity contribution in [2.75, 3.05) is 23.3 Å². The Balaban J connectivity index is 1.74. The summed E-state index contributed by atoms with van der Waals surface area (Å²) in [4.78, 5) is 12.2. The van der Waals surface area contributed by atoms with Crippen molar-refractivity contribution in [2.24, 2.45) is 0 Å². The summed E-state index contributed by atoms with van der Waals surface area (Å²) < 4.78 is 0. The van der Waals surface area contributed by atoms with Crippen molar-refractivity contribution >= 4 is 22.8 Å². The zero-order valence-corrected chi connectivity index (χ0v) is 11.0. The van der Waals surface area contributed by atoms with Crippen molar-refractivity contribution in [3.63, 3.8) is 0 Å². The van der Waals surface area contributed by atoms with E-state index in [0.29, 0.717) is 0 Å². The molecule has 3 rings (SSSR count). The number of aromatic nitrogens is 2. The third-order valence-electron chi connectivity index (χ3n) is 3.13. The van der Waals surface area contributed by atoms with Crippen LogP contribution in [0.3, 0.4) is 0 Å². The molecule has 0 amide bonds. The minimum absolute atomic E-state index is 0.817. The van der Waals surface area contributed by atoms with Gasteiger partial charge >= 0.3 is 0 Å². The Hall–Kier alpha value is -1.62. The summed E-state index contributed by atoms with van der Waals surface area (Å²) in [5.41, 5.74) is 2.98. The van der Waals surface area contributed by atoms with E-state index >= 15 is 0 Å². The fourth-order valence-corrected chi connectivity index (χ4v) is 2.76. The number of rotatable bonds is 4. The zero-order chi connectivity index (χ0) is 12.2. The van der Waals surface area contributed by atoms with E-state index in [0.717, 1.165) is 31.1 Å². The fraction of sp³-hybridized carbons (Fsp3) is 0.385. The molecule has 1 saturated heterocycles. The first-order valence-corrected chi connectivity index (χ1v) is 7.12. The van der Waals surface area contributed by atoms with Crippen LogP contribution in [0.4, 0.5) is 11.5 Å². The highest BCUT2D eigenvalue weighted by Gasteiger charge is 2.16. The van der Waals surface area contributed by atoms with Crippen LogP contribution in [0.5, 0.6) is 0 Å². The Morgan fingerprint density at radius 3 is 3.00 bits per heavy atom. The van der Waals surface area contributed by atoms with Gasteiger partial charge in [-0.1, -0.05) is 0 Å². The van der Waals surface area contributed by atoms with Crippen molar-refractivity contribution in [3.05, 3.63) is 34.9 Å². The summed E-state index contributed by atoms with van der Waals surface area (Å²) in [6.07, 6.45) is 6.31. The number of thiazole rings is 1. The van der Waals surface area contributed by atoms with Crippen molar-refractivity contribution < 1.29 is 0 Å². The minimum Gasteiger partial charge on any atom is -0.377 e. The molecule has 0 aliphatic carbocycles. The van der Waals surface area contributed by atoms with E-state index < -0.39 is 0 Å². The Morgan fingerprint density at radius 1 is 1.33 bits per heavy atom. The minimum atomic E-state index is 0.817. The van der Waals surface area contributed by atoms with E-state index in [4.69, 9.17) is 0 Å². The summed E-state index contributed by atoms with van der Waals surface area (Å²) in [5.74, 6) is 1.08. The van der Waals surface area contributed by atoms with Crippen LogP contribution in [0.2, 0.25) is 0 Å². The monoisotopic (exact) mass is 260 g/mol. The maximum Gasteiger partial charge on any atom is 0.151 e.